The molecule has 5 heteroatoms. The average molecular weight is 294 g/mol. The summed E-state index contributed by atoms with van der Waals surface area (Å²) in [7, 11) is 0. The van der Waals surface area contributed by atoms with Crippen LogP contribution in [0.15, 0.2) is 18.3 Å². The van der Waals surface area contributed by atoms with Crippen LogP contribution in [0.4, 0.5) is 4.39 Å². The Kier molecular flexibility index (Phi) is 3.99. The van der Waals surface area contributed by atoms with Crippen LogP contribution in [0.2, 0.25) is 0 Å². The highest BCUT2D eigenvalue weighted by molar-refractivity contribution is 5.17. The smallest absolute Gasteiger partial charge is 0.141 e. The number of aromatic nitrogens is 1. The summed E-state index contributed by atoms with van der Waals surface area (Å²) in [4.78, 5) is 4.19. The first-order valence-electron chi connectivity index (χ1n) is 7.64. The summed E-state index contributed by atoms with van der Waals surface area (Å²) in [6.45, 7) is 4.22. The molecule has 2 fully saturated rings. The number of hydrogen-bond donors (Lipinski definition) is 1. The third-order valence-electron chi connectivity index (χ3n) is 5.02. The van der Waals surface area contributed by atoms with Crippen LogP contribution in [0.5, 0.6) is 0 Å². The van der Waals surface area contributed by atoms with Crippen molar-refractivity contribution >= 4 is 0 Å². The van der Waals surface area contributed by atoms with Gasteiger partial charge in [-0.3, -0.25) is 4.98 Å². The topological polar surface area (TPSA) is 57.4 Å². The van der Waals surface area contributed by atoms with Gasteiger partial charge in [0.25, 0.3) is 0 Å². The minimum atomic E-state index is -0.567. The second kappa shape index (κ2) is 5.63. The Labute approximate surface area is 124 Å². The van der Waals surface area contributed by atoms with Crippen LogP contribution in [0, 0.1) is 11.7 Å². The molecular formula is C16H23FN2O2. The van der Waals surface area contributed by atoms with Gasteiger partial charge in [0.05, 0.1) is 23.0 Å². The average Bonchev–Trinajstić information content (AvgIpc) is 2.48. The molecule has 3 rings (SSSR count). The van der Waals surface area contributed by atoms with Gasteiger partial charge in [0.15, 0.2) is 0 Å². The van der Waals surface area contributed by atoms with Gasteiger partial charge in [0, 0.05) is 19.8 Å². The fourth-order valence-corrected chi connectivity index (χ4v) is 3.54. The SMILES string of the molecule is CC(N)(c1ccc(F)cn1)C1CCOC2(CCOCC2)C1. The quantitative estimate of drug-likeness (QED) is 0.910. The molecule has 1 aromatic heterocycles. The number of hydrogen-bond acceptors (Lipinski definition) is 4. The van der Waals surface area contributed by atoms with Crippen LogP contribution in [0.3, 0.4) is 0 Å². The van der Waals surface area contributed by atoms with Gasteiger partial charge in [0.2, 0.25) is 0 Å². The monoisotopic (exact) mass is 294 g/mol. The van der Waals surface area contributed by atoms with E-state index in [1.165, 1.54) is 12.3 Å². The van der Waals surface area contributed by atoms with Crippen LogP contribution in [-0.4, -0.2) is 30.4 Å². The Morgan fingerprint density at radius 3 is 2.76 bits per heavy atom. The molecule has 3 heterocycles. The maximum atomic E-state index is 13.1. The number of rotatable bonds is 2. The second-order valence-corrected chi connectivity index (χ2v) is 6.48. The molecule has 0 saturated carbocycles. The van der Waals surface area contributed by atoms with E-state index in [-0.39, 0.29) is 17.3 Å². The Balaban J connectivity index is 1.79. The van der Waals surface area contributed by atoms with Gasteiger partial charge in [0.1, 0.15) is 5.82 Å². The van der Waals surface area contributed by atoms with E-state index in [0.717, 1.165) is 51.2 Å². The minimum absolute atomic E-state index is 0.0954. The lowest BCUT2D eigenvalue weighted by molar-refractivity contribution is -0.154. The maximum absolute atomic E-state index is 13.1. The highest BCUT2D eigenvalue weighted by Gasteiger charge is 2.45. The second-order valence-electron chi connectivity index (χ2n) is 6.48. The van der Waals surface area contributed by atoms with Crippen LogP contribution in [0.25, 0.3) is 0 Å². The van der Waals surface area contributed by atoms with Gasteiger partial charge in [-0.15, -0.1) is 0 Å². The van der Waals surface area contributed by atoms with E-state index in [2.05, 4.69) is 4.98 Å². The fraction of sp³-hybridized carbons (Fsp3) is 0.688. The zero-order valence-electron chi connectivity index (χ0n) is 12.5. The van der Waals surface area contributed by atoms with Crippen molar-refractivity contribution in [2.45, 2.75) is 43.7 Å². The third kappa shape index (κ3) is 2.96. The molecule has 2 N–H and O–H groups in total. The Bertz CT molecular complexity index is 478. The van der Waals surface area contributed by atoms with E-state index in [1.54, 1.807) is 6.07 Å². The molecule has 1 spiro atoms. The van der Waals surface area contributed by atoms with Crippen molar-refractivity contribution in [2.24, 2.45) is 11.7 Å². The van der Waals surface area contributed by atoms with Crippen molar-refractivity contribution in [1.82, 2.24) is 4.98 Å². The lowest BCUT2D eigenvalue weighted by atomic mass is 9.71. The maximum Gasteiger partial charge on any atom is 0.141 e. The predicted octanol–water partition coefficient (Wildman–Crippen LogP) is 2.37. The molecule has 1 aromatic rings. The first-order valence-corrected chi connectivity index (χ1v) is 7.64. The van der Waals surface area contributed by atoms with Gasteiger partial charge >= 0.3 is 0 Å². The van der Waals surface area contributed by atoms with E-state index in [1.807, 2.05) is 6.92 Å². The molecule has 2 saturated heterocycles. The van der Waals surface area contributed by atoms with Gasteiger partial charge in [-0.05, 0) is 50.7 Å². The highest BCUT2D eigenvalue weighted by atomic mass is 19.1. The molecular weight excluding hydrogens is 271 g/mol. The summed E-state index contributed by atoms with van der Waals surface area (Å²) in [6.07, 6.45) is 4.92. The molecule has 4 nitrogen and oxygen atoms in total. The minimum Gasteiger partial charge on any atom is -0.381 e. The zero-order valence-corrected chi connectivity index (χ0v) is 12.5. The van der Waals surface area contributed by atoms with Gasteiger partial charge in [-0.25, -0.2) is 4.39 Å². The summed E-state index contributed by atoms with van der Waals surface area (Å²) in [5.74, 6) is -0.0512. The number of nitrogens with zero attached hydrogens (tertiary/aromatic N) is 1. The van der Waals surface area contributed by atoms with Crippen molar-refractivity contribution in [3.8, 4) is 0 Å². The largest absolute Gasteiger partial charge is 0.381 e. The summed E-state index contributed by atoms with van der Waals surface area (Å²) in [5.41, 5.74) is 6.67. The number of nitrogens with two attached hydrogens (primary N) is 1. The van der Waals surface area contributed by atoms with Gasteiger partial charge in [-0.1, -0.05) is 0 Å². The first-order chi connectivity index (χ1) is 10.0. The van der Waals surface area contributed by atoms with Crippen LogP contribution in [-0.2, 0) is 15.0 Å². The summed E-state index contributed by atoms with van der Waals surface area (Å²) < 4.78 is 24.6. The van der Waals surface area contributed by atoms with Crippen molar-refractivity contribution in [2.75, 3.05) is 19.8 Å². The molecule has 0 bridgehead atoms. The standard InChI is InChI=1S/C16H23FN2O2/c1-15(18,14-3-2-13(17)11-19-14)12-4-7-21-16(10-12)5-8-20-9-6-16/h2-3,11-12H,4-10,18H2,1H3. The lowest BCUT2D eigenvalue weighted by Gasteiger charge is -2.47. The van der Waals surface area contributed by atoms with Crippen molar-refractivity contribution in [1.29, 1.82) is 0 Å². The van der Waals surface area contributed by atoms with Gasteiger partial charge < -0.3 is 15.2 Å². The molecule has 116 valence electrons. The lowest BCUT2D eigenvalue weighted by Crippen LogP contribution is -2.52. The summed E-state index contributed by atoms with van der Waals surface area (Å²) in [5, 5.41) is 0. The Morgan fingerprint density at radius 2 is 2.10 bits per heavy atom. The Morgan fingerprint density at radius 1 is 1.33 bits per heavy atom. The van der Waals surface area contributed by atoms with Crippen LogP contribution in [0.1, 0.15) is 38.3 Å². The summed E-state index contributed by atoms with van der Waals surface area (Å²) >= 11 is 0. The van der Waals surface area contributed by atoms with Crippen LogP contribution >= 0.6 is 0 Å². The van der Waals surface area contributed by atoms with E-state index < -0.39 is 5.54 Å². The predicted molar refractivity (Wildman–Crippen MR) is 77.2 cm³/mol. The van der Waals surface area contributed by atoms with E-state index >= 15 is 0 Å². The Hall–Kier alpha value is -1.04. The van der Waals surface area contributed by atoms with E-state index in [4.69, 9.17) is 15.2 Å². The number of pyridine rings is 1. The van der Waals surface area contributed by atoms with E-state index in [9.17, 15) is 4.39 Å². The molecule has 2 unspecified atom stereocenters. The number of halogens is 1. The molecule has 2 aliphatic heterocycles. The zero-order chi connectivity index (χ0) is 14.9. The number of ether oxygens (including phenoxy) is 2. The highest BCUT2D eigenvalue weighted by Crippen LogP contribution is 2.43. The van der Waals surface area contributed by atoms with E-state index in [0.29, 0.717) is 0 Å². The molecule has 0 aromatic carbocycles. The fourth-order valence-electron chi connectivity index (χ4n) is 3.54. The first kappa shape index (κ1) is 14.9. The van der Waals surface area contributed by atoms with Crippen molar-refractivity contribution in [3.05, 3.63) is 29.8 Å². The summed E-state index contributed by atoms with van der Waals surface area (Å²) in [6, 6.07) is 3.12. The van der Waals surface area contributed by atoms with Crippen LogP contribution < -0.4 is 5.73 Å². The molecule has 2 atom stereocenters. The molecule has 0 radical (unpaired) electrons. The van der Waals surface area contributed by atoms with Crippen molar-refractivity contribution < 1.29 is 13.9 Å². The molecule has 0 aliphatic carbocycles. The molecule has 0 amide bonds. The molecule has 21 heavy (non-hydrogen) atoms. The third-order valence-corrected chi connectivity index (χ3v) is 5.02. The normalized spacial score (nSPS) is 28.2. The van der Waals surface area contributed by atoms with Crippen molar-refractivity contribution in [3.63, 3.8) is 0 Å². The van der Waals surface area contributed by atoms with Gasteiger partial charge in [-0.2, -0.15) is 0 Å². The molecule has 2 aliphatic rings.